The highest BCUT2D eigenvalue weighted by Crippen LogP contribution is 2.25. The number of anilines is 1. The molecule has 0 saturated carbocycles. The summed E-state index contributed by atoms with van der Waals surface area (Å²) < 4.78 is 5.44. The van der Waals surface area contributed by atoms with Crippen LogP contribution in [0.2, 0.25) is 0 Å². The van der Waals surface area contributed by atoms with E-state index in [0.29, 0.717) is 6.61 Å². The molecular weight excluding hydrogens is 260 g/mol. The van der Waals surface area contributed by atoms with Gasteiger partial charge in [-0.25, -0.2) is 9.59 Å². The number of carboxylic acid groups (broad SMARTS) is 1. The Balaban J connectivity index is 2.07. The zero-order chi connectivity index (χ0) is 14.8. The molecule has 2 rings (SSSR count). The van der Waals surface area contributed by atoms with Gasteiger partial charge in [0.1, 0.15) is 0 Å². The minimum absolute atomic E-state index is 0.0588. The summed E-state index contributed by atoms with van der Waals surface area (Å²) in [6.07, 6.45) is 0.644. The lowest BCUT2D eigenvalue weighted by Gasteiger charge is -2.29. The van der Waals surface area contributed by atoms with E-state index in [-0.39, 0.29) is 17.4 Å². The van der Waals surface area contributed by atoms with Crippen molar-refractivity contribution in [2.45, 2.75) is 31.9 Å². The van der Waals surface area contributed by atoms with Gasteiger partial charge in [0.15, 0.2) is 0 Å². The number of amides is 2. The number of ether oxygens (including phenoxy) is 1. The lowest BCUT2D eigenvalue weighted by atomic mass is 9.95. The van der Waals surface area contributed by atoms with E-state index in [4.69, 9.17) is 9.84 Å². The number of carbonyl (C=O) groups excluding carboxylic acids is 1. The lowest BCUT2D eigenvalue weighted by Crippen LogP contribution is -2.52. The summed E-state index contributed by atoms with van der Waals surface area (Å²) >= 11 is 0. The molecule has 2 amide bonds. The first-order valence-electron chi connectivity index (χ1n) is 6.45. The first-order valence-corrected chi connectivity index (χ1v) is 6.45. The van der Waals surface area contributed by atoms with Crippen LogP contribution in [0, 0.1) is 0 Å². The average molecular weight is 278 g/mol. The van der Waals surface area contributed by atoms with Crippen molar-refractivity contribution in [3.05, 3.63) is 29.8 Å². The van der Waals surface area contributed by atoms with Crippen LogP contribution in [-0.4, -0.2) is 35.4 Å². The van der Waals surface area contributed by atoms with Gasteiger partial charge in [-0.15, -0.1) is 0 Å². The van der Waals surface area contributed by atoms with Gasteiger partial charge in [0, 0.05) is 6.61 Å². The number of urea groups is 1. The Labute approximate surface area is 117 Å². The number of rotatable bonds is 3. The highest BCUT2D eigenvalue weighted by molar-refractivity contribution is 6.00. The van der Waals surface area contributed by atoms with Gasteiger partial charge >= 0.3 is 12.0 Å². The normalized spacial score (nSPS) is 25.2. The third kappa shape index (κ3) is 2.91. The molecule has 1 fully saturated rings. The number of para-hydroxylation sites is 1. The molecule has 1 heterocycles. The van der Waals surface area contributed by atoms with Crippen LogP contribution in [0.15, 0.2) is 24.3 Å². The molecule has 1 saturated heterocycles. The van der Waals surface area contributed by atoms with Gasteiger partial charge < -0.3 is 20.5 Å². The van der Waals surface area contributed by atoms with E-state index >= 15 is 0 Å². The Morgan fingerprint density at radius 3 is 2.70 bits per heavy atom. The fourth-order valence-corrected chi connectivity index (χ4v) is 2.19. The molecule has 6 nitrogen and oxygen atoms in total. The van der Waals surface area contributed by atoms with Crippen molar-refractivity contribution < 1.29 is 19.4 Å². The molecule has 0 aliphatic carbocycles. The maximum absolute atomic E-state index is 12.0. The van der Waals surface area contributed by atoms with E-state index in [2.05, 4.69) is 10.6 Å². The van der Waals surface area contributed by atoms with Crippen LogP contribution in [0.3, 0.4) is 0 Å². The number of nitrogens with one attached hydrogen (secondary N) is 2. The number of hydrogen-bond donors (Lipinski definition) is 3. The minimum Gasteiger partial charge on any atom is -0.478 e. The van der Waals surface area contributed by atoms with Crippen molar-refractivity contribution in [2.75, 3.05) is 11.9 Å². The number of aromatic carboxylic acids is 1. The summed E-state index contributed by atoms with van der Waals surface area (Å²) in [4.78, 5) is 23.1. The highest BCUT2D eigenvalue weighted by atomic mass is 16.5. The van der Waals surface area contributed by atoms with Gasteiger partial charge in [0.2, 0.25) is 0 Å². The Morgan fingerprint density at radius 2 is 2.10 bits per heavy atom. The Kier molecular flexibility index (Phi) is 3.94. The maximum Gasteiger partial charge on any atom is 0.337 e. The molecule has 1 aromatic rings. The summed E-state index contributed by atoms with van der Waals surface area (Å²) in [6.45, 7) is 4.41. The van der Waals surface area contributed by atoms with Crippen LogP contribution in [0.25, 0.3) is 0 Å². The SMILES string of the molecule is CC1OCCC1(C)NC(=O)Nc1ccccc1C(=O)O. The highest BCUT2D eigenvalue weighted by Gasteiger charge is 2.38. The standard InChI is InChI=1S/C14H18N2O4/c1-9-14(2,7-8-20-9)16-13(19)15-11-6-4-3-5-10(11)12(17)18/h3-6,9H,7-8H2,1-2H3,(H,17,18)(H2,15,16,19). The third-order valence-electron chi connectivity index (χ3n) is 3.69. The molecular formula is C14H18N2O4. The number of hydrogen-bond acceptors (Lipinski definition) is 3. The van der Waals surface area contributed by atoms with E-state index in [1.807, 2.05) is 13.8 Å². The number of benzene rings is 1. The van der Waals surface area contributed by atoms with E-state index in [1.165, 1.54) is 6.07 Å². The van der Waals surface area contributed by atoms with Crippen LogP contribution in [0.1, 0.15) is 30.6 Å². The summed E-state index contributed by atoms with van der Waals surface area (Å²) in [7, 11) is 0. The summed E-state index contributed by atoms with van der Waals surface area (Å²) in [5, 5.41) is 14.5. The molecule has 2 atom stereocenters. The smallest absolute Gasteiger partial charge is 0.337 e. The van der Waals surface area contributed by atoms with Gasteiger partial charge in [0.05, 0.1) is 22.9 Å². The second-order valence-corrected chi connectivity index (χ2v) is 5.11. The molecule has 6 heteroatoms. The molecule has 1 aliphatic heterocycles. The van der Waals surface area contributed by atoms with E-state index < -0.39 is 17.5 Å². The summed E-state index contributed by atoms with van der Waals surface area (Å²) in [6, 6.07) is 5.85. The molecule has 1 aliphatic rings. The fourth-order valence-electron chi connectivity index (χ4n) is 2.19. The van der Waals surface area contributed by atoms with Crippen LogP contribution in [-0.2, 0) is 4.74 Å². The van der Waals surface area contributed by atoms with Crippen LogP contribution < -0.4 is 10.6 Å². The number of carbonyl (C=O) groups is 2. The second kappa shape index (κ2) is 5.50. The zero-order valence-electron chi connectivity index (χ0n) is 11.5. The van der Waals surface area contributed by atoms with E-state index in [9.17, 15) is 9.59 Å². The minimum atomic E-state index is -1.08. The van der Waals surface area contributed by atoms with Crippen molar-refractivity contribution in [3.63, 3.8) is 0 Å². The predicted octanol–water partition coefficient (Wildman–Crippen LogP) is 2.07. The first kappa shape index (κ1) is 14.3. The molecule has 1 aromatic carbocycles. The van der Waals surface area contributed by atoms with Gasteiger partial charge in [-0.1, -0.05) is 12.1 Å². The predicted molar refractivity (Wildman–Crippen MR) is 74.0 cm³/mol. The molecule has 0 spiro atoms. The molecule has 0 aromatic heterocycles. The summed E-state index contributed by atoms with van der Waals surface area (Å²) in [5.74, 6) is -1.08. The fraction of sp³-hybridized carbons (Fsp3) is 0.429. The van der Waals surface area contributed by atoms with E-state index in [1.54, 1.807) is 18.2 Å². The Hall–Kier alpha value is -2.08. The van der Waals surface area contributed by atoms with Gasteiger partial charge in [-0.2, -0.15) is 0 Å². The summed E-state index contributed by atoms with van der Waals surface area (Å²) in [5.41, 5.74) is -0.112. The largest absolute Gasteiger partial charge is 0.478 e. The van der Waals surface area contributed by atoms with Crippen molar-refractivity contribution in [3.8, 4) is 0 Å². The van der Waals surface area contributed by atoms with Crippen molar-refractivity contribution >= 4 is 17.7 Å². The van der Waals surface area contributed by atoms with Crippen molar-refractivity contribution in [2.24, 2.45) is 0 Å². The molecule has 2 unspecified atom stereocenters. The first-order chi connectivity index (χ1) is 9.42. The van der Waals surface area contributed by atoms with Crippen molar-refractivity contribution in [1.82, 2.24) is 5.32 Å². The third-order valence-corrected chi connectivity index (χ3v) is 3.69. The van der Waals surface area contributed by atoms with E-state index in [0.717, 1.165) is 6.42 Å². The monoisotopic (exact) mass is 278 g/mol. The van der Waals surface area contributed by atoms with Crippen LogP contribution >= 0.6 is 0 Å². The molecule has 108 valence electrons. The second-order valence-electron chi connectivity index (χ2n) is 5.11. The van der Waals surface area contributed by atoms with Crippen molar-refractivity contribution in [1.29, 1.82) is 0 Å². The molecule has 3 N–H and O–H groups in total. The maximum atomic E-state index is 12.0. The van der Waals surface area contributed by atoms with Crippen LogP contribution in [0.5, 0.6) is 0 Å². The topological polar surface area (TPSA) is 87.7 Å². The molecule has 20 heavy (non-hydrogen) atoms. The molecule has 0 radical (unpaired) electrons. The Morgan fingerprint density at radius 1 is 1.40 bits per heavy atom. The quantitative estimate of drug-likeness (QED) is 0.790. The van der Waals surface area contributed by atoms with Gasteiger partial charge in [-0.3, -0.25) is 0 Å². The number of carboxylic acids is 1. The van der Waals surface area contributed by atoms with Gasteiger partial charge in [-0.05, 0) is 32.4 Å². The lowest BCUT2D eigenvalue weighted by molar-refractivity contribution is 0.0698. The van der Waals surface area contributed by atoms with Gasteiger partial charge in [0.25, 0.3) is 0 Å². The van der Waals surface area contributed by atoms with Crippen LogP contribution in [0.4, 0.5) is 10.5 Å². The average Bonchev–Trinajstić information content (AvgIpc) is 2.69. The molecule has 0 bridgehead atoms. The zero-order valence-corrected chi connectivity index (χ0v) is 11.5. The Bertz CT molecular complexity index is 532.